The smallest absolute Gasteiger partial charge is 0.339 e. The van der Waals surface area contributed by atoms with Crippen molar-refractivity contribution in [3.05, 3.63) is 64.5 Å². The Labute approximate surface area is 156 Å². The average molecular weight is 374 g/mol. The minimum atomic E-state index is -0.551. The molecule has 27 heavy (non-hydrogen) atoms. The van der Waals surface area contributed by atoms with E-state index in [9.17, 15) is 18.4 Å². The Hall–Kier alpha value is -2.83. The Morgan fingerprint density at radius 2 is 2.00 bits per heavy atom. The average Bonchev–Trinajstić information content (AvgIpc) is 3.14. The normalized spacial score (nSPS) is 16.4. The van der Waals surface area contributed by atoms with Crippen molar-refractivity contribution < 1.29 is 23.1 Å². The zero-order valence-corrected chi connectivity index (χ0v) is 15.2. The van der Waals surface area contributed by atoms with E-state index in [-0.39, 0.29) is 29.0 Å². The van der Waals surface area contributed by atoms with Gasteiger partial charge in [0.2, 0.25) is 5.91 Å². The first kappa shape index (κ1) is 18.9. The van der Waals surface area contributed by atoms with E-state index in [0.29, 0.717) is 18.5 Å². The maximum Gasteiger partial charge on any atom is 0.339 e. The number of rotatable bonds is 4. The van der Waals surface area contributed by atoms with Gasteiger partial charge < -0.3 is 9.64 Å². The molecule has 1 amide bonds. The number of ether oxygens (including phenoxy) is 1. The summed E-state index contributed by atoms with van der Waals surface area (Å²) in [6.07, 6.45) is 4.30. The first-order valence-corrected chi connectivity index (χ1v) is 8.68. The number of carbonyl (C=O) groups excluding carboxylic acids is 2. The lowest BCUT2D eigenvalue weighted by molar-refractivity contribution is -0.129. The Balaban J connectivity index is 1.87. The second-order valence-electron chi connectivity index (χ2n) is 6.59. The van der Waals surface area contributed by atoms with Crippen LogP contribution in [0.2, 0.25) is 0 Å². The lowest BCUT2D eigenvalue weighted by Gasteiger charge is -2.24. The van der Waals surface area contributed by atoms with Crippen molar-refractivity contribution in [1.29, 1.82) is 0 Å². The molecule has 0 N–H and O–H groups in total. The van der Waals surface area contributed by atoms with Gasteiger partial charge in [0.15, 0.2) is 0 Å². The fourth-order valence-electron chi connectivity index (χ4n) is 3.49. The Morgan fingerprint density at radius 1 is 1.22 bits per heavy atom. The molecule has 1 fully saturated rings. The van der Waals surface area contributed by atoms with Crippen LogP contribution >= 0.6 is 0 Å². The van der Waals surface area contributed by atoms with Gasteiger partial charge in [-0.25, -0.2) is 13.6 Å². The lowest BCUT2D eigenvalue weighted by Crippen LogP contribution is -2.28. The summed E-state index contributed by atoms with van der Waals surface area (Å²) in [7, 11) is 1.26. The van der Waals surface area contributed by atoms with Crippen LogP contribution in [0.1, 0.15) is 52.9 Å². The SMILES string of the molecule is COC(=O)c1cncc(Cc2cc(F)c(C3CCCN3C(C)=O)cc2F)c1. The minimum Gasteiger partial charge on any atom is -0.465 e. The van der Waals surface area contributed by atoms with Crippen LogP contribution in [0.3, 0.4) is 0 Å². The van der Waals surface area contributed by atoms with E-state index in [1.807, 2.05) is 0 Å². The number of amides is 1. The molecule has 0 bridgehead atoms. The first-order valence-electron chi connectivity index (χ1n) is 8.68. The van der Waals surface area contributed by atoms with E-state index in [0.717, 1.165) is 12.5 Å². The van der Waals surface area contributed by atoms with E-state index >= 15 is 0 Å². The molecule has 2 heterocycles. The highest BCUT2D eigenvalue weighted by molar-refractivity contribution is 5.89. The zero-order valence-electron chi connectivity index (χ0n) is 15.2. The molecule has 5 nitrogen and oxygen atoms in total. The third-order valence-electron chi connectivity index (χ3n) is 4.79. The van der Waals surface area contributed by atoms with Gasteiger partial charge in [-0.1, -0.05) is 0 Å². The summed E-state index contributed by atoms with van der Waals surface area (Å²) in [6.45, 7) is 1.98. The summed E-state index contributed by atoms with van der Waals surface area (Å²) >= 11 is 0. The van der Waals surface area contributed by atoms with Gasteiger partial charge in [0.05, 0.1) is 18.7 Å². The minimum absolute atomic E-state index is 0.0853. The Bertz CT molecular complexity index is 886. The fourth-order valence-corrected chi connectivity index (χ4v) is 3.49. The van der Waals surface area contributed by atoms with Gasteiger partial charge in [0, 0.05) is 37.8 Å². The molecule has 1 aliphatic rings. The fraction of sp³-hybridized carbons (Fsp3) is 0.350. The van der Waals surface area contributed by atoms with Gasteiger partial charge in [-0.2, -0.15) is 0 Å². The van der Waals surface area contributed by atoms with Crippen molar-refractivity contribution in [2.45, 2.75) is 32.2 Å². The summed E-state index contributed by atoms with van der Waals surface area (Å²) < 4.78 is 34.0. The number of esters is 1. The number of aromatic nitrogens is 1. The molecule has 0 radical (unpaired) electrons. The van der Waals surface area contributed by atoms with Crippen molar-refractivity contribution in [3.8, 4) is 0 Å². The van der Waals surface area contributed by atoms with E-state index in [1.165, 1.54) is 32.5 Å². The van der Waals surface area contributed by atoms with Crippen LogP contribution in [0.5, 0.6) is 0 Å². The van der Waals surface area contributed by atoms with Gasteiger partial charge in [0.25, 0.3) is 0 Å². The topological polar surface area (TPSA) is 59.5 Å². The number of pyridine rings is 1. The van der Waals surface area contributed by atoms with Crippen LogP contribution in [0.15, 0.2) is 30.6 Å². The second kappa shape index (κ2) is 7.82. The summed E-state index contributed by atoms with van der Waals surface area (Å²) in [6, 6.07) is 3.44. The number of hydrogen-bond donors (Lipinski definition) is 0. The molecule has 3 rings (SSSR count). The molecule has 1 aromatic carbocycles. The van der Waals surface area contributed by atoms with Crippen molar-refractivity contribution in [3.63, 3.8) is 0 Å². The number of likely N-dealkylation sites (tertiary alicyclic amines) is 1. The van der Waals surface area contributed by atoms with Gasteiger partial charge in [-0.15, -0.1) is 0 Å². The predicted molar refractivity (Wildman–Crippen MR) is 94.1 cm³/mol. The van der Waals surface area contributed by atoms with Crippen molar-refractivity contribution >= 4 is 11.9 Å². The lowest BCUT2D eigenvalue weighted by atomic mass is 9.98. The molecule has 1 saturated heterocycles. The van der Waals surface area contributed by atoms with E-state index in [4.69, 9.17) is 0 Å². The maximum absolute atomic E-state index is 14.7. The maximum atomic E-state index is 14.7. The highest BCUT2D eigenvalue weighted by Crippen LogP contribution is 2.34. The molecular formula is C20H20F2N2O3. The molecule has 1 unspecified atom stereocenters. The molecule has 1 aromatic heterocycles. The molecule has 1 aliphatic heterocycles. The van der Waals surface area contributed by atoms with E-state index < -0.39 is 23.6 Å². The number of benzene rings is 1. The highest BCUT2D eigenvalue weighted by atomic mass is 19.1. The van der Waals surface area contributed by atoms with Gasteiger partial charge in [0.1, 0.15) is 11.6 Å². The third-order valence-corrected chi connectivity index (χ3v) is 4.79. The van der Waals surface area contributed by atoms with Crippen LogP contribution in [-0.4, -0.2) is 35.4 Å². The largest absolute Gasteiger partial charge is 0.465 e. The van der Waals surface area contributed by atoms with Gasteiger partial charge in [-0.3, -0.25) is 9.78 Å². The molecule has 1 atom stereocenters. The number of hydrogen-bond acceptors (Lipinski definition) is 4. The molecule has 0 aliphatic carbocycles. The number of halogens is 2. The quantitative estimate of drug-likeness (QED) is 0.770. The third kappa shape index (κ3) is 3.97. The first-order chi connectivity index (χ1) is 12.9. The number of nitrogens with zero attached hydrogens (tertiary/aromatic N) is 2. The monoisotopic (exact) mass is 374 g/mol. The van der Waals surface area contributed by atoms with Crippen LogP contribution in [0, 0.1) is 11.6 Å². The van der Waals surface area contributed by atoms with Crippen LogP contribution in [0.25, 0.3) is 0 Å². The van der Waals surface area contributed by atoms with Crippen LogP contribution < -0.4 is 0 Å². The summed E-state index contributed by atoms with van der Waals surface area (Å²) in [5.74, 6) is -1.78. The molecule has 0 saturated carbocycles. The summed E-state index contributed by atoms with van der Waals surface area (Å²) in [5, 5.41) is 0. The summed E-state index contributed by atoms with van der Waals surface area (Å²) in [4.78, 5) is 28.8. The molecule has 0 spiro atoms. The summed E-state index contributed by atoms with van der Waals surface area (Å²) in [5.41, 5.74) is 1.17. The molecular weight excluding hydrogens is 354 g/mol. The standard InChI is InChI=1S/C20H20F2N2O3/c1-12(25)24-5-3-4-19(24)16-9-17(21)14(8-18(16)22)6-13-7-15(11-23-10-13)20(26)27-2/h7-11,19H,3-6H2,1-2H3. The number of carbonyl (C=O) groups is 2. The van der Waals surface area contributed by atoms with E-state index in [1.54, 1.807) is 11.0 Å². The highest BCUT2D eigenvalue weighted by Gasteiger charge is 2.30. The van der Waals surface area contributed by atoms with Gasteiger partial charge in [-0.05, 0) is 42.2 Å². The number of methoxy groups -OCH3 is 1. The zero-order chi connectivity index (χ0) is 19.6. The predicted octanol–water partition coefficient (Wildman–Crippen LogP) is 3.42. The van der Waals surface area contributed by atoms with Crippen molar-refractivity contribution in [2.24, 2.45) is 0 Å². The van der Waals surface area contributed by atoms with E-state index in [2.05, 4.69) is 9.72 Å². The molecule has 7 heteroatoms. The second-order valence-corrected chi connectivity index (χ2v) is 6.59. The molecule has 142 valence electrons. The van der Waals surface area contributed by atoms with Crippen molar-refractivity contribution in [2.75, 3.05) is 13.7 Å². The van der Waals surface area contributed by atoms with Gasteiger partial charge >= 0.3 is 5.97 Å². The van der Waals surface area contributed by atoms with Crippen LogP contribution in [0.4, 0.5) is 8.78 Å². The molecule has 2 aromatic rings. The van der Waals surface area contributed by atoms with Crippen LogP contribution in [-0.2, 0) is 16.0 Å². The Kier molecular flexibility index (Phi) is 5.48. The Morgan fingerprint density at radius 3 is 2.70 bits per heavy atom. The van der Waals surface area contributed by atoms with Crippen molar-refractivity contribution in [1.82, 2.24) is 9.88 Å².